The van der Waals surface area contributed by atoms with Crippen LogP contribution in [0.25, 0.3) is 22.3 Å². The first kappa shape index (κ1) is 36.6. The molecule has 4 aromatic carbocycles. The number of phenols is 2. The van der Waals surface area contributed by atoms with Gasteiger partial charge in [0.25, 0.3) is 0 Å². The van der Waals surface area contributed by atoms with Gasteiger partial charge in [0.2, 0.25) is 5.82 Å². The molecule has 0 saturated heterocycles. The van der Waals surface area contributed by atoms with Gasteiger partial charge in [-0.25, -0.2) is 4.39 Å². The summed E-state index contributed by atoms with van der Waals surface area (Å²) in [5.74, 6) is 0.814. The summed E-state index contributed by atoms with van der Waals surface area (Å²) in [4.78, 5) is 12.7. The number of aromatic hydroxyl groups is 2. The van der Waals surface area contributed by atoms with Crippen LogP contribution < -0.4 is 0 Å². The molecule has 3 aliphatic rings. The van der Waals surface area contributed by atoms with E-state index in [0.717, 1.165) is 73.5 Å². The second-order valence-electron chi connectivity index (χ2n) is 15.3. The van der Waals surface area contributed by atoms with Gasteiger partial charge in [0, 0.05) is 5.56 Å². The highest BCUT2D eigenvalue weighted by Crippen LogP contribution is 2.42. The lowest BCUT2D eigenvalue weighted by Gasteiger charge is -2.37. The van der Waals surface area contributed by atoms with Crippen molar-refractivity contribution in [3.05, 3.63) is 108 Å². The zero-order valence-corrected chi connectivity index (χ0v) is 30.0. The number of rotatable bonds is 6. The summed E-state index contributed by atoms with van der Waals surface area (Å²) in [5.41, 5.74) is 5.24. The predicted octanol–water partition coefficient (Wildman–Crippen LogP) is 11.9. The predicted molar refractivity (Wildman–Crippen MR) is 199 cm³/mol. The fraction of sp³-hybridized carbons (Fsp3) is 0.444. The van der Waals surface area contributed by atoms with Gasteiger partial charge in [0.1, 0.15) is 11.9 Å². The third kappa shape index (κ3) is 9.38. The molecule has 51 heavy (non-hydrogen) atoms. The Morgan fingerprint density at radius 2 is 1.14 bits per heavy atom. The molecule has 7 rings (SSSR count). The first-order chi connectivity index (χ1) is 24.6. The number of aryl methyl sites for hydroxylation is 1. The van der Waals surface area contributed by atoms with Gasteiger partial charge >= 0.3 is 5.97 Å². The molecule has 0 heterocycles. The summed E-state index contributed by atoms with van der Waals surface area (Å²) in [6.45, 7) is 4.41. The minimum Gasteiger partial charge on any atom is -0.508 e. The minimum atomic E-state index is -1.22. The van der Waals surface area contributed by atoms with Gasteiger partial charge in [-0.1, -0.05) is 86.0 Å². The molecule has 0 bridgehead atoms. The van der Waals surface area contributed by atoms with Gasteiger partial charge in [0.05, 0.1) is 5.92 Å². The molecule has 270 valence electrons. The number of carbonyl (C=O) groups excluding carboxylic acids is 1. The molecule has 0 spiro atoms. The zero-order valence-electron chi connectivity index (χ0n) is 30.0. The van der Waals surface area contributed by atoms with Gasteiger partial charge in [0.15, 0.2) is 11.6 Å². The molecule has 0 unspecified atom stereocenters. The number of ether oxygens (including phenoxy) is 1. The average Bonchev–Trinajstić information content (AvgIpc) is 3.16. The van der Waals surface area contributed by atoms with Crippen LogP contribution in [0.5, 0.6) is 11.5 Å². The third-order valence-corrected chi connectivity index (χ3v) is 11.8. The molecular weight excluding hydrogens is 642 g/mol. The number of carbonyl (C=O) groups is 1. The SMILES string of the molecule is CC1CCC(C2CCC(C(=O)OC3CCC(c4ccc(O)cc4)CC3)CC2)CC1.Cc1ccc(-c2ccc(-c3ccc(O)c(F)c3F)cc2)cc1. The van der Waals surface area contributed by atoms with Crippen LogP contribution in [-0.4, -0.2) is 22.3 Å². The lowest BCUT2D eigenvalue weighted by Crippen LogP contribution is -2.31. The highest BCUT2D eigenvalue weighted by Gasteiger charge is 2.34. The zero-order chi connectivity index (χ0) is 35.9. The fourth-order valence-corrected chi connectivity index (χ4v) is 8.46. The molecule has 4 aromatic rings. The van der Waals surface area contributed by atoms with Crippen LogP contribution in [0.3, 0.4) is 0 Å². The van der Waals surface area contributed by atoms with Gasteiger partial charge < -0.3 is 14.9 Å². The largest absolute Gasteiger partial charge is 0.508 e. The van der Waals surface area contributed by atoms with Crippen molar-refractivity contribution in [1.29, 1.82) is 0 Å². The van der Waals surface area contributed by atoms with Crippen LogP contribution in [0.1, 0.15) is 101 Å². The van der Waals surface area contributed by atoms with Crippen LogP contribution in [-0.2, 0) is 9.53 Å². The van der Waals surface area contributed by atoms with E-state index in [4.69, 9.17) is 4.74 Å². The molecule has 0 atom stereocenters. The van der Waals surface area contributed by atoms with Gasteiger partial charge in [-0.15, -0.1) is 0 Å². The molecule has 0 aliphatic heterocycles. The van der Waals surface area contributed by atoms with Crippen molar-refractivity contribution in [1.82, 2.24) is 0 Å². The van der Waals surface area contributed by atoms with E-state index < -0.39 is 17.4 Å². The highest BCUT2D eigenvalue weighted by atomic mass is 19.2. The van der Waals surface area contributed by atoms with Crippen molar-refractivity contribution in [2.24, 2.45) is 23.7 Å². The Morgan fingerprint density at radius 3 is 1.73 bits per heavy atom. The molecule has 3 aliphatic carbocycles. The minimum absolute atomic E-state index is 0.0776. The van der Waals surface area contributed by atoms with Crippen LogP contribution in [0.15, 0.2) is 84.9 Å². The molecule has 6 heteroatoms. The Bertz CT molecular complexity index is 1710. The van der Waals surface area contributed by atoms with Crippen molar-refractivity contribution in [2.45, 2.75) is 103 Å². The second kappa shape index (κ2) is 16.9. The van der Waals surface area contributed by atoms with E-state index in [1.807, 2.05) is 55.5 Å². The number of hydrogen-bond donors (Lipinski definition) is 2. The fourth-order valence-electron chi connectivity index (χ4n) is 8.46. The van der Waals surface area contributed by atoms with Gasteiger partial charge in [-0.2, -0.15) is 4.39 Å². The topological polar surface area (TPSA) is 66.8 Å². The maximum atomic E-state index is 13.9. The highest BCUT2D eigenvalue weighted by molar-refractivity contribution is 5.73. The number of halogens is 2. The molecule has 0 radical (unpaired) electrons. The maximum Gasteiger partial charge on any atom is 0.309 e. The number of phenolic OH excluding ortho intramolecular Hbond substituents is 2. The molecule has 0 aromatic heterocycles. The molecule has 2 N–H and O–H groups in total. The summed E-state index contributed by atoms with van der Waals surface area (Å²) < 4.78 is 33.3. The summed E-state index contributed by atoms with van der Waals surface area (Å²) in [6.07, 6.45) is 14.3. The van der Waals surface area contributed by atoms with Crippen LogP contribution in [0, 0.1) is 42.2 Å². The number of benzene rings is 4. The van der Waals surface area contributed by atoms with Crippen LogP contribution in [0.4, 0.5) is 8.78 Å². The van der Waals surface area contributed by atoms with Gasteiger partial charge in [-0.3, -0.25) is 4.79 Å². The molecule has 4 nitrogen and oxygen atoms in total. The van der Waals surface area contributed by atoms with Crippen molar-refractivity contribution in [2.75, 3.05) is 0 Å². The first-order valence-corrected chi connectivity index (χ1v) is 19.0. The first-order valence-electron chi connectivity index (χ1n) is 19.0. The third-order valence-electron chi connectivity index (χ3n) is 11.8. The van der Waals surface area contributed by atoms with Crippen molar-refractivity contribution >= 4 is 5.97 Å². The molecule has 3 saturated carbocycles. The summed E-state index contributed by atoms with van der Waals surface area (Å²) in [5, 5.41) is 18.6. The van der Waals surface area contributed by atoms with E-state index >= 15 is 0 Å². The van der Waals surface area contributed by atoms with Crippen molar-refractivity contribution in [3.63, 3.8) is 0 Å². The van der Waals surface area contributed by atoms with Gasteiger partial charge in [-0.05, 0) is 141 Å². The normalized spacial score (nSPS) is 24.9. The summed E-state index contributed by atoms with van der Waals surface area (Å²) >= 11 is 0. The standard InChI is InChI=1S/C26H38O3.C19H14F2O/c1-18-2-4-19(5-3-18)20-6-8-23(9-7-20)26(28)29-25-16-12-22(13-17-25)21-10-14-24(27)15-11-21;1-12-2-4-13(5-3-12)14-6-8-15(9-7-14)16-10-11-17(22)19(21)18(16)20/h10-11,14-15,18-20,22-23,25,27H,2-9,12-13,16-17H2,1H3;2-11,22H,1H3. The second-order valence-corrected chi connectivity index (χ2v) is 15.3. The van der Waals surface area contributed by atoms with Crippen LogP contribution >= 0.6 is 0 Å². The Morgan fingerprint density at radius 1 is 0.608 bits per heavy atom. The molecular formula is C45H52F2O4. The Hall–Kier alpha value is -4.19. The van der Waals surface area contributed by atoms with Crippen LogP contribution in [0.2, 0.25) is 0 Å². The molecule has 3 fully saturated rings. The summed E-state index contributed by atoms with van der Waals surface area (Å²) in [7, 11) is 0. The quantitative estimate of drug-likeness (QED) is 0.197. The number of hydrogen-bond acceptors (Lipinski definition) is 4. The average molecular weight is 695 g/mol. The van der Waals surface area contributed by atoms with E-state index in [9.17, 15) is 23.8 Å². The summed E-state index contributed by atoms with van der Waals surface area (Å²) in [6, 6.07) is 25.4. The van der Waals surface area contributed by atoms with Crippen molar-refractivity contribution < 1.29 is 28.5 Å². The smallest absolute Gasteiger partial charge is 0.309 e. The van der Waals surface area contributed by atoms with E-state index in [0.29, 0.717) is 17.2 Å². The number of esters is 1. The molecule has 0 amide bonds. The lowest BCUT2D eigenvalue weighted by molar-refractivity contribution is -0.157. The van der Waals surface area contributed by atoms with E-state index in [2.05, 4.69) is 6.92 Å². The van der Waals surface area contributed by atoms with E-state index in [-0.39, 0.29) is 23.6 Å². The Kier molecular flexibility index (Phi) is 12.1. The maximum absolute atomic E-state index is 13.9. The van der Waals surface area contributed by atoms with E-state index in [1.165, 1.54) is 55.7 Å². The van der Waals surface area contributed by atoms with E-state index in [1.54, 1.807) is 24.3 Å². The monoisotopic (exact) mass is 694 g/mol. The Labute approximate surface area is 301 Å². The van der Waals surface area contributed by atoms with Crippen molar-refractivity contribution in [3.8, 4) is 33.8 Å². The Balaban J connectivity index is 0.000000183. The lowest BCUT2D eigenvalue weighted by atomic mass is 9.69.